The molecular weight excluding hydrogens is 264 g/mol. The van der Waals surface area contributed by atoms with E-state index in [1.165, 1.54) is 5.56 Å². The molecule has 0 aliphatic rings. The summed E-state index contributed by atoms with van der Waals surface area (Å²) in [5, 5.41) is 3.34. The van der Waals surface area contributed by atoms with E-state index in [2.05, 4.69) is 28.5 Å². The van der Waals surface area contributed by atoms with Crippen LogP contribution in [0.4, 0.5) is 0 Å². The van der Waals surface area contributed by atoms with E-state index in [0.717, 1.165) is 24.2 Å². The Bertz CT molecular complexity index is 555. The Morgan fingerprint density at radius 3 is 2.48 bits per heavy atom. The number of pyridine rings is 1. The quantitative estimate of drug-likeness (QED) is 0.849. The molecule has 0 fully saturated rings. The van der Waals surface area contributed by atoms with Crippen LogP contribution in [0.15, 0.2) is 42.6 Å². The maximum atomic E-state index is 5.34. The molecule has 0 saturated carbocycles. The third-order valence-electron chi connectivity index (χ3n) is 3.60. The minimum atomic E-state index is 0.218. The zero-order valence-electron chi connectivity index (χ0n) is 12.8. The zero-order valence-corrected chi connectivity index (χ0v) is 12.8. The van der Waals surface area contributed by atoms with Gasteiger partial charge in [0.25, 0.3) is 0 Å². The van der Waals surface area contributed by atoms with Crippen molar-refractivity contribution < 1.29 is 9.47 Å². The first-order chi connectivity index (χ1) is 10.3. The lowest BCUT2D eigenvalue weighted by molar-refractivity contribution is 0.382. The molecule has 4 nitrogen and oxygen atoms in total. The van der Waals surface area contributed by atoms with Gasteiger partial charge >= 0.3 is 0 Å². The fraction of sp³-hybridized carbons (Fsp3) is 0.353. The summed E-state index contributed by atoms with van der Waals surface area (Å²) in [4.78, 5) is 4.26. The van der Waals surface area contributed by atoms with Gasteiger partial charge in [0.15, 0.2) is 0 Å². The Balaban J connectivity index is 2.05. The molecule has 0 bridgehead atoms. The highest BCUT2D eigenvalue weighted by Crippen LogP contribution is 2.26. The monoisotopic (exact) mass is 286 g/mol. The van der Waals surface area contributed by atoms with Crippen molar-refractivity contribution in [3.8, 4) is 11.6 Å². The largest absolute Gasteiger partial charge is 0.497 e. The molecule has 0 amide bonds. The molecule has 21 heavy (non-hydrogen) atoms. The van der Waals surface area contributed by atoms with Crippen molar-refractivity contribution in [2.75, 3.05) is 21.3 Å². The van der Waals surface area contributed by atoms with Crippen LogP contribution in [-0.4, -0.2) is 26.3 Å². The van der Waals surface area contributed by atoms with E-state index in [-0.39, 0.29) is 6.04 Å². The highest BCUT2D eigenvalue weighted by atomic mass is 16.5. The van der Waals surface area contributed by atoms with Crippen LogP contribution in [0.3, 0.4) is 0 Å². The lowest BCUT2D eigenvalue weighted by Crippen LogP contribution is -2.18. The van der Waals surface area contributed by atoms with Crippen molar-refractivity contribution in [3.05, 3.63) is 53.7 Å². The number of hydrogen-bond acceptors (Lipinski definition) is 4. The molecule has 0 aliphatic carbocycles. The molecule has 4 heteroatoms. The maximum absolute atomic E-state index is 5.34. The predicted octanol–water partition coefficient (Wildman–Crippen LogP) is 2.99. The second-order valence-corrected chi connectivity index (χ2v) is 4.83. The van der Waals surface area contributed by atoms with Crippen LogP contribution < -0.4 is 14.8 Å². The van der Waals surface area contributed by atoms with E-state index in [1.807, 2.05) is 25.2 Å². The molecule has 112 valence electrons. The average Bonchev–Trinajstić information content (AvgIpc) is 2.56. The second kappa shape index (κ2) is 7.64. The highest BCUT2D eigenvalue weighted by Gasteiger charge is 2.14. The van der Waals surface area contributed by atoms with Crippen LogP contribution in [0.5, 0.6) is 11.6 Å². The van der Waals surface area contributed by atoms with Gasteiger partial charge in [0.05, 0.1) is 14.2 Å². The van der Waals surface area contributed by atoms with Gasteiger partial charge in [0.2, 0.25) is 5.88 Å². The summed E-state index contributed by atoms with van der Waals surface area (Å²) in [6, 6.07) is 12.4. The molecule has 2 aromatic rings. The second-order valence-electron chi connectivity index (χ2n) is 4.83. The number of nitrogens with one attached hydrogen (secondary N) is 1. The van der Waals surface area contributed by atoms with Gasteiger partial charge in [-0.15, -0.1) is 0 Å². The van der Waals surface area contributed by atoms with E-state index in [9.17, 15) is 0 Å². The molecular formula is C17H22N2O2. The first-order valence-corrected chi connectivity index (χ1v) is 7.07. The molecule has 2 rings (SSSR count). The molecule has 1 unspecified atom stereocenters. The molecule has 0 aliphatic heterocycles. The summed E-state index contributed by atoms with van der Waals surface area (Å²) in [5.74, 6) is 1.57. The van der Waals surface area contributed by atoms with Crippen LogP contribution >= 0.6 is 0 Å². The van der Waals surface area contributed by atoms with Gasteiger partial charge < -0.3 is 14.8 Å². The van der Waals surface area contributed by atoms with Crippen molar-refractivity contribution in [3.63, 3.8) is 0 Å². The number of ether oxygens (including phenoxy) is 2. The molecule has 1 aromatic carbocycles. The Kier molecular flexibility index (Phi) is 5.58. The van der Waals surface area contributed by atoms with Crippen LogP contribution in [0.25, 0.3) is 0 Å². The van der Waals surface area contributed by atoms with Crippen LogP contribution in [0, 0.1) is 0 Å². The van der Waals surface area contributed by atoms with Gasteiger partial charge in [-0.05, 0) is 43.7 Å². The van der Waals surface area contributed by atoms with Crippen molar-refractivity contribution in [2.45, 2.75) is 18.9 Å². The van der Waals surface area contributed by atoms with Crippen molar-refractivity contribution in [1.82, 2.24) is 10.3 Å². The molecule has 1 aromatic heterocycles. The summed E-state index contributed by atoms with van der Waals surface area (Å²) in [6.07, 6.45) is 3.71. The number of rotatable bonds is 7. The minimum Gasteiger partial charge on any atom is -0.497 e. The van der Waals surface area contributed by atoms with Gasteiger partial charge in [-0.25, -0.2) is 4.98 Å². The molecule has 0 radical (unpaired) electrons. The summed E-state index contributed by atoms with van der Waals surface area (Å²) in [7, 11) is 5.30. The zero-order chi connectivity index (χ0) is 15.1. The molecule has 1 N–H and O–H groups in total. The summed E-state index contributed by atoms with van der Waals surface area (Å²) < 4.78 is 10.5. The normalized spacial score (nSPS) is 12.0. The van der Waals surface area contributed by atoms with Gasteiger partial charge in [-0.1, -0.05) is 18.2 Å². The van der Waals surface area contributed by atoms with E-state index in [4.69, 9.17) is 9.47 Å². The number of aromatic nitrogens is 1. The molecule has 0 spiro atoms. The van der Waals surface area contributed by atoms with Crippen LogP contribution in [0.2, 0.25) is 0 Å². The molecule has 1 atom stereocenters. The highest BCUT2D eigenvalue weighted by molar-refractivity contribution is 5.30. The Morgan fingerprint density at radius 1 is 1.10 bits per heavy atom. The predicted molar refractivity (Wildman–Crippen MR) is 83.9 cm³/mol. The van der Waals surface area contributed by atoms with Crippen LogP contribution in [0.1, 0.15) is 23.6 Å². The van der Waals surface area contributed by atoms with E-state index in [1.54, 1.807) is 20.4 Å². The first kappa shape index (κ1) is 15.3. The first-order valence-electron chi connectivity index (χ1n) is 7.07. The summed E-state index contributed by atoms with van der Waals surface area (Å²) in [5.41, 5.74) is 2.38. The Hall–Kier alpha value is -2.07. The van der Waals surface area contributed by atoms with Crippen molar-refractivity contribution in [2.24, 2.45) is 0 Å². The maximum Gasteiger partial charge on any atom is 0.217 e. The number of hydrogen-bond donors (Lipinski definition) is 1. The SMILES string of the molecule is CNC(CCc1ccc(OC)cc1)c1cccnc1OC. The smallest absolute Gasteiger partial charge is 0.217 e. The molecule has 1 heterocycles. The average molecular weight is 286 g/mol. The fourth-order valence-electron chi connectivity index (χ4n) is 2.40. The summed E-state index contributed by atoms with van der Waals surface area (Å²) >= 11 is 0. The number of methoxy groups -OCH3 is 2. The fourth-order valence-corrected chi connectivity index (χ4v) is 2.40. The van der Waals surface area contributed by atoms with Gasteiger partial charge in [0.1, 0.15) is 5.75 Å². The van der Waals surface area contributed by atoms with E-state index in [0.29, 0.717) is 5.88 Å². The van der Waals surface area contributed by atoms with Gasteiger partial charge in [-0.2, -0.15) is 0 Å². The topological polar surface area (TPSA) is 43.4 Å². The standard InChI is InChI=1S/C17H22N2O2/c1-18-16(15-5-4-12-19-17(15)21-3)11-8-13-6-9-14(20-2)10-7-13/h4-7,9-10,12,16,18H,8,11H2,1-3H3. The lowest BCUT2D eigenvalue weighted by atomic mass is 10.00. The van der Waals surface area contributed by atoms with Crippen LogP contribution in [-0.2, 0) is 6.42 Å². The summed E-state index contributed by atoms with van der Waals surface area (Å²) in [6.45, 7) is 0. The third kappa shape index (κ3) is 3.95. The minimum absolute atomic E-state index is 0.218. The Morgan fingerprint density at radius 2 is 1.86 bits per heavy atom. The number of aryl methyl sites for hydroxylation is 1. The molecule has 0 saturated heterocycles. The third-order valence-corrected chi connectivity index (χ3v) is 3.60. The number of nitrogens with zero attached hydrogens (tertiary/aromatic N) is 1. The Labute approximate surface area is 126 Å². The van der Waals surface area contributed by atoms with E-state index >= 15 is 0 Å². The van der Waals surface area contributed by atoms with E-state index < -0.39 is 0 Å². The van der Waals surface area contributed by atoms with Crippen molar-refractivity contribution >= 4 is 0 Å². The van der Waals surface area contributed by atoms with Crippen molar-refractivity contribution in [1.29, 1.82) is 0 Å². The van der Waals surface area contributed by atoms with Gasteiger partial charge in [-0.3, -0.25) is 0 Å². The van der Waals surface area contributed by atoms with Gasteiger partial charge in [0, 0.05) is 17.8 Å². The number of benzene rings is 1. The lowest BCUT2D eigenvalue weighted by Gasteiger charge is -2.18.